The third kappa shape index (κ3) is 3.39. The van der Waals surface area contributed by atoms with E-state index in [1.165, 1.54) is 11.1 Å². The molecular formula is C21H25NO3. The van der Waals surface area contributed by atoms with Crippen molar-refractivity contribution in [1.82, 2.24) is 4.98 Å². The SMILES string of the molecule is CCc1ccc([C@@H]2CC(=O)c3c([nH]c(C(=O)OC(C)C)c3C)C2)cc1. The first kappa shape index (κ1) is 17.5. The van der Waals surface area contributed by atoms with Crippen molar-refractivity contribution >= 4 is 11.8 Å². The topological polar surface area (TPSA) is 59.2 Å². The van der Waals surface area contributed by atoms with Crippen molar-refractivity contribution in [2.75, 3.05) is 0 Å². The average molecular weight is 339 g/mol. The smallest absolute Gasteiger partial charge is 0.355 e. The molecule has 0 saturated heterocycles. The number of hydrogen-bond donors (Lipinski definition) is 1. The van der Waals surface area contributed by atoms with Crippen LogP contribution in [0.5, 0.6) is 0 Å². The van der Waals surface area contributed by atoms with E-state index in [2.05, 4.69) is 36.2 Å². The van der Waals surface area contributed by atoms with E-state index >= 15 is 0 Å². The van der Waals surface area contributed by atoms with E-state index in [0.717, 1.165) is 18.5 Å². The van der Waals surface area contributed by atoms with Gasteiger partial charge in [0.15, 0.2) is 5.78 Å². The van der Waals surface area contributed by atoms with Gasteiger partial charge in [-0.3, -0.25) is 4.79 Å². The second-order valence-electron chi connectivity index (χ2n) is 7.06. The van der Waals surface area contributed by atoms with Crippen LogP contribution in [0.25, 0.3) is 0 Å². The molecule has 0 radical (unpaired) electrons. The van der Waals surface area contributed by atoms with Gasteiger partial charge in [0.2, 0.25) is 0 Å². The highest BCUT2D eigenvalue weighted by Gasteiger charge is 2.32. The Balaban J connectivity index is 1.89. The van der Waals surface area contributed by atoms with E-state index in [9.17, 15) is 9.59 Å². The Bertz CT molecular complexity index is 799. The van der Waals surface area contributed by atoms with Crippen LogP contribution in [0.3, 0.4) is 0 Å². The number of H-pyrrole nitrogens is 1. The Kier molecular flexibility index (Phi) is 4.80. The molecule has 4 heteroatoms. The molecular weight excluding hydrogens is 314 g/mol. The fraction of sp³-hybridized carbons (Fsp3) is 0.429. The number of benzene rings is 1. The first-order valence-electron chi connectivity index (χ1n) is 8.95. The van der Waals surface area contributed by atoms with Gasteiger partial charge in [-0.1, -0.05) is 31.2 Å². The molecule has 0 amide bonds. The molecule has 4 nitrogen and oxygen atoms in total. The van der Waals surface area contributed by atoms with Crippen LogP contribution in [0.1, 0.15) is 76.3 Å². The second-order valence-corrected chi connectivity index (χ2v) is 7.06. The lowest BCUT2D eigenvalue weighted by molar-refractivity contribution is 0.0370. The van der Waals surface area contributed by atoms with E-state index in [-0.39, 0.29) is 17.8 Å². The van der Waals surface area contributed by atoms with Crippen LogP contribution in [0.4, 0.5) is 0 Å². The van der Waals surface area contributed by atoms with Gasteiger partial charge in [-0.25, -0.2) is 4.79 Å². The summed E-state index contributed by atoms with van der Waals surface area (Å²) >= 11 is 0. The zero-order valence-electron chi connectivity index (χ0n) is 15.3. The number of ether oxygens (including phenoxy) is 1. The monoisotopic (exact) mass is 339 g/mol. The lowest BCUT2D eigenvalue weighted by atomic mass is 9.81. The van der Waals surface area contributed by atoms with Gasteiger partial charge in [-0.15, -0.1) is 0 Å². The highest BCUT2D eigenvalue weighted by Crippen LogP contribution is 2.35. The van der Waals surface area contributed by atoms with Gasteiger partial charge in [0.25, 0.3) is 0 Å². The minimum absolute atomic E-state index is 0.100. The molecule has 0 fully saturated rings. The lowest BCUT2D eigenvalue weighted by Gasteiger charge is -2.22. The van der Waals surface area contributed by atoms with E-state index < -0.39 is 5.97 Å². The normalized spacial score (nSPS) is 16.8. The average Bonchev–Trinajstić information content (AvgIpc) is 2.91. The Morgan fingerprint density at radius 3 is 2.52 bits per heavy atom. The summed E-state index contributed by atoms with van der Waals surface area (Å²) in [6, 6.07) is 8.48. The lowest BCUT2D eigenvalue weighted by Crippen LogP contribution is -2.18. The van der Waals surface area contributed by atoms with Crippen LogP contribution in [-0.2, 0) is 17.6 Å². The molecule has 1 aliphatic carbocycles. The van der Waals surface area contributed by atoms with E-state index in [4.69, 9.17) is 4.74 Å². The Hall–Kier alpha value is -2.36. The number of aromatic amines is 1. The van der Waals surface area contributed by atoms with Gasteiger partial charge in [-0.05, 0) is 56.2 Å². The number of aryl methyl sites for hydroxylation is 1. The van der Waals surface area contributed by atoms with Crippen molar-refractivity contribution < 1.29 is 14.3 Å². The third-order valence-electron chi connectivity index (χ3n) is 4.90. The Morgan fingerprint density at radius 1 is 1.24 bits per heavy atom. The summed E-state index contributed by atoms with van der Waals surface area (Å²) in [7, 11) is 0. The molecule has 1 atom stereocenters. The van der Waals surface area contributed by atoms with Crippen LogP contribution in [0, 0.1) is 6.92 Å². The fourth-order valence-corrected chi connectivity index (χ4v) is 3.57. The van der Waals surface area contributed by atoms with E-state index in [1.807, 2.05) is 20.8 Å². The van der Waals surface area contributed by atoms with Crippen LogP contribution >= 0.6 is 0 Å². The van der Waals surface area contributed by atoms with E-state index in [0.29, 0.717) is 23.2 Å². The molecule has 0 saturated carbocycles. The molecule has 3 rings (SSSR count). The van der Waals surface area contributed by atoms with Crippen molar-refractivity contribution in [3.63, 3.8) is 0 Å². The summed E-state index contributed by atoms with van der Waals surface area (Å²) in [6.45, 7) is 7.58. The largest absolute Gasteiger partial charge is 0.458 e. The van der Waals surface area contributed by atoms with Gasteiger partial charge in [-0.2, -0.15) is 0 Å². The predicted octanol–water partition coefficient (Wildman–Crippen LogP) is 4.36. The zero-order valence-corrected chi connectivity index (χ0v) is 15.3. The standard InChI is InChI=1S/C21H25NO3/c1-5-14-6-8-15(9-7-14)16-10-17-19(18(23)11-16)13(4)20(22-17)21(24)25-12(2)3/h6-9,12,16,22H,5,10-11H2,1-4H3/t16-/m0/s1. The predicted molar refractivity (Wildman–Crippen MR) is 97.3 cm³/mol. The molecule has 1 aliphatic rings. The molecule has 132 valence electrons. The number of nitrogens with one attached hydrogen (secondary N) is 1. The maximum Gasteiger partial charge on any atom is 0.355 e. The minimum Gasteiger partial charge on any atom is -0.458 e. The molecule has 1 heterocycles. The molecule has 0 bridgehead atoms. The quantitative estimate of drug-likeness (QED) is 0.842. The number of rotatable bonds is 4. The number of Topliss-reactive ketones (excluding diaryl/α,β-unsaturated/α-hetero) is 1. The molecule has 1 aromatic carbocycles. The van der Waals surface area contributed by atoms with E-state index in [1.54, 1.807) is 0 Å². The summed E-state index contributed by atoms with van der Waals surface area (Å²) in [4.78, 5) is 28.1. The number of carbonyl (C=O) groups excluding carboxylic acids is 2. The van der Waals surface area contributed by atoms with Crippen LogP contribution in [0.15, 0.2) is 24.3 Å². The second kappa shape index (κ2) is 6.87. The number of fused-ring (bicyclic) bond motifs is 1. The highest BCUT2D eigenvalue weighted by atomic mass is 16.5. The van der Waals surface area contributed by atoms with Crippen molar-refractivity contribution in [2.45, 2.75) is 59.0 Å². The zero-order chi connectivity index (χ0) is 18.1. The molecule has 0 unspecified atom stereocenters. The minimum atomic E-state index is -0.390. The van der Waals surface area contributed by atoms with Crippen molar-refractivity contribution in [2.24, 2.45) is 0 Å². The van der Waals surface area contributed by atoms with Gasteiger partial charge < -0.3 is 9.72 Å². The maximum absolute atomic E-state index is 12.7. The number of esters is 1. The fourth-order valence-electron chi connectivity index (χ4n) is 3.57. The first-order valence-corrected chi connectivity index (χ1v) is 8.95. The molecule has 2 aromatic rings. The van der Waals surface area contributed by atoms with Crippen molar-refractivity contribution in [3.8, 4) is 0 Å². The van der Waals surface area contributed by atoms with Crippen LogP contribution in [-0.4, -0.2) is 22.8 Å². The molecule has 25 heavy (non-hydrogen) atoms. The van der Waals surface area contributed by atoms with Crippen molar-refractivity contribution in [3.05, 3.63) is 57.9 Å². The summed E-state index contributed by atoms with van der Waals surface area (Å²) in [5, 5.41) is 0. The summed E-state index contributed by atoms with van der Waals surface area (Å²) in [5.74, 6) is -0.139. The van der Waals surface area contributed by atoms with Gasteiger partial charge in [0.1, 0.15) is 5.69 Å². The maximum atomic E-state index is 12.7. The number of hydrogen-bond acceptors (Lipinski definition) is 3. The Morgan fingerprint density at radius 2 is 1.92 bits per heavy atom. The van der Waals surface area contributed by atoms with Crippen molar-refractivity contribution in [1.29, 1.82) is 0 Å². The molecule has 0 spiro atoms. The third-order valence-corrected chi connectivity index (χ3v) is 4.90. The van der Waals surface area contributed by atoms with Crippen LogP contribution in [0.2, 0.25) is 0 Å². The number of aromatic nitrogens is 1. The summed E-state index contributed by atoms with van der Waals surface area (Å²) in [6.07, 6.45) is 2.04. The molecule has 1 N–H and O–H groups in total. The highest BCUT2D eigenvalue weighted by molar-refractivity contribution is 6.03. The summed E-state index contributed by atoms with van der Waals surface area (Å²) < 4.78 is 5.29. The first-order chi connectivity index (χ1) is 11.9. The molecule has 1 aromatic heterocycles. The van der Waals surface area contributed by atoms with Crippen LogP contribution < -0.4 is 0 Å². The van der Waals surface area contributed by atoms with Gasteiger partial charge in [0, 0.05) is 17.7 Å². The summed E-state index contributed by atoms with van der Waals surface area (Å²) in [5.41, 5.74) is 5.13. The molecule has 0 aliphatic heterocycles. The van der Waals surface area contributed by atoms with Gasteiger partial charge in [0.05, 0.1) is 6.10 Å². The van der Waals surface area contributed by atoms with Gasteiger partial charge >= 0.3 is 5.97 Å². The Labute approximate surface area is 148 Å². The number of ketones is 1. The number of carbonyl (C=O) groups is 2.